The number of carbonyl (C=O) groups excluding carboxylic acids is 2. The highest BCUT2D eigenvalue weighted by atomic mass is 32.1. The van der Waals surface area contributed by atoms with Gasteiger partial charge in [0.05, 0.1) is 11.6 Å². The summed E-state index contributed by atoms with van der Waals surface area (Å²) in [4.78, 5) is 27.6. The van der Waals surface area contributed by atoms with E-state index in [-0.39, 0.29) is 17.4 Å². The van der Waals surface area contributed by atoms with Gasteiger partial charge in [0.25, 0.3) is 5.78 Å². The molecule has 0 saturated carbocycles. The number of nitrogens with zero attached hydrogens (tertiary/aromatic N) is 3. The Morgan fingerprint density at radius 1 is 1.12 bits per heavy atom. The average Bonchev–Trinajstić information content (AvgIpc) is 3.43. The van der Waals surface area contributed by atoms with Crippen molar-refractivity contribution in [1.82, 2.24) is 10.2 Å². The third-order valence-corrected chi connectivity index (χ3v) is 6.57. The van der Waals surface area contributed by atoms with E-state index in [1.807, 2.05) is 44.2 Å². The second kappa shape index (κ2) is 7.56. The highest BCUT2D eigenvalue weighted by Crippen LogP contribution is 2.43. The zero-order chi connectivity index (χ0) is 22.6. The molecule has 1 N–H and O–H groups in total. The molecule has 2 aromatic carbocycles. The number of ketones is 1. The number of hydrogen-bond donors (Lipinski definition) is 1. The van der Waals surface area contributed by atoms with E-state index in [4.69, 9.17) is 4.74 Å². The van der Waals surface area contributed by atoms with Gasteiger partial charge in [0.15, 0.2) is 0 Å². The molecule has 1 fully saturated rings. The monoisotopic (exact) mass is 447 g/mol. The van der Waals surface area contributed by atoms with Gasteiger partial charge in [-0.15, -0.1) is 10.2 Å². The first-order valence-corrected chi connectivity index (χ1v) is 11.1. The van der Waals surface area contributed by atoms with Crippen LogP contribution in [0.2, 0.25) is 0 Å². The van der Waals surface area contributed by atoms with E-state index in [9.17, 15) is 14.7 Å². The molecule has 1 saturated heterocycles. The number of aliphatic hydroxyl groups is 1. The van der Waals surface area contributed by atoms with Gasteiger partial charge >= 0.3 is 5.91 Å². The maximum Gasteiger partial charge on any atom is 0.301 e. The number of aliphatic hydroxyl groups excluding tert-OH is 1. The van der Waals surface area contributed by atoms with Gasteiger partial charge in [0, 0.05) is 12.0 Å². The molecule has 0 aliphatic carbocycles. The molecular weight excluding hydrogens is 426 g/mol. The van der Waals surface area contributed by atoms with Crippen LogP contribution < -0.4 is 9.64 Å². The highest BCUT2D eigenvalue weighted by Gasteiger charge is 2.48. The van der Waals surface area contributed by atoms with Crippen LogP contribution in [0, 0.1) is 13.8 Å². The predicted molar refractivity (Wildman–Crippen MR) is 121 cm³/mol. The van der Waals surface area contributed by atoms with Crippen molar-refractivity contribution < 1.29 is 19.4 Å². The Kier molecular flexibility index (Phi) is 4.82. The Hall–Kier alpha value is -3.52. The summed E-state index contributed by atoms with van der Waals surface area (Å²) < 4.78 is 5.74. The van der Waals surface area contributed by atoms with Gasteiger partial charge in [0.2, 0.25) is 5.13 Å². The molecule has 0 unspecified atom stereocenters. The number of Topliss-reactive ketones (excluding diaryl/α,β-unsaturated/α-hetero) is 1. The van der Waals surface area contributed by atoms with Crippen LogP contribution >= 0.6 is 11.3 Å². The van der Waals surface area contributed by atoms with Gasteiger partial charge < -0.3 is 9.84 Å². The van der Waals surface area contributed by atoms with Crippen LogP contribution in [-0.2, 0) is 16.0 Å². The molecule has 0 bridgehead atoms. The Balaban J connectivity index is 1.68. The summed E-state index contributed by atoms with van der Waals surface area (Å²) >= 11 is 1.23. The Bertz CT molecular complexity index is 1280. The maximum absolute atomic E-state index is 13.2. The normalized spacial score (nSPS) is 21.7. The fourth-order valence-electron chi connectivity index (χ4n) is 4.20. The van der Waals surface area contributed by atoms with Crippen LogP contribution in [0.15, 0.2) is 48.0 Å². The van der Waals surface area contributed by atoms with Crippen molar-refractivity contribution in [2.45, 2.75) is 39.3 Å². The molecule has 3 aromatic rings. The number of amides is 1. The quantitative estimate of drug-likeness (QED) is 0.369. The van der Waals surface area contributed by atoms with Crippen LogP contribution in [0.3, 0.4) is 0 Å². The molecule has 0 radical (unpaired) electrons. The van der Waals surface area contributed by atoms with Crippen molar-refractivity contribution in [3.8, 4) is 5.75 Å². The first-order chi connectivity index (χ1) is 15.3. The van der Waals surface area contributed by atoms with E-state index >= 15 is 0 Å². The highest BCUT2D eigenvalue weighted by molar-refractivity contribution is 7.15. The van der Waals surface area contributed by atoms with Gasteiger partial charge in [-0.05, 0) is 50.1 Å². The zero-order valence-electron chi connectivity index (χ0n) is 17.8. The van der Waals surface area contributed by atoms with E-state index in [1.165, 1.54) is 16.2 Å². The number of ether oxygens (including phenoxy) is 1. The van der Waals surface area contributed by atoms with Crippen LogP contribution in [-0.4, -0.2) is 33.1 Å². The molecule has 2 aliphatic heterocycles. The fourth-order valence-corrected chi connectivity index (χ4v) is 4.92. The van der Waals surface area contributed by atoms with E-state index < -0.39 is 17.7 Å². The molecule has 32 heavy (non-hydrogen) atoms. The fraction of sp³-hybridized carbons (Fsp3) is 0.250. The number of hydrogen-bond acceptors (Lipinski definition) is 7. The molecule has 0 spiro atoms. The summed E-state index contributed by atoms with van der Waals surface area (Å²) in [7, 11) is 0. The topological polar surface area (TPSA) is 92.6 Å². The lowest BCUT2D eigenvalue weighted by molar-refractivity contribution is -0.132. The van der Waals surface area contributed by atoms with Gasteiger partial charge in [-0.1, -0.05) is 41.2 Å². The molecule has 2 aliphatic rings. The van der Waals surface area contributed by atoms with Crippen LogP contribution in [0.25, 0.3) is 5.76 Å². The Labute approximate surface area is 189 Å². The van der Waals surface area contributed by atoms with Crippen molar-refractivity contribution in [3.63, 3.8) is 0 Å². The number of aromatic nitrogens is 2. The van der Waals surface area contributed by atoms with Crippen molar-refractivity contribution >= 4 is 33.9 Å². The summed E-state index contributed by atoms with van der Waals surface area (Å²) in [6, 6.07) is 12.1. The SMILES string of the molecule is Cc1ccc([C@H]2C(=C(O)c3ccc4c(c3)C[C@H](C)O4)C(=O)C(=O)N2c2nnc(C)s2)cc1. The van der Waals surface area contributed by atoms with Gasteiger partial charge in [-0.3, -0.25) is 14.5 Å². The summed E-state index contributed by atoms with van der Waals surface area (Å²) in [5, 5.41) is 20.4. The molecule has 7 nitrogen and oxygen atoms in total. The maximum atomic E-state index is 13.2. The summed E-state index contributed by atoms with van der Waals surface area (Å²) in [5.74, 6) is -0.911. The van der Waals surface area contributed by atoms with Crippen LogP contribution in [0.1, 0.15) is 40.2 Å². The molecule has 5 rings (SSSR count). The van der Waals surface area contributed by atoms with Gasteiger partial charge in [-0.25, -0.2) is 0 Å². The number of anilines is 1. The first-order valence-electron chi connectivity index (χ1n) is 10.3. The van der Waals surface area contributed by atoms with Crippen molar-refractivity contribution in [2.24, 2.45) is 0 Å². The standard InChI is InChI=1S/C24H21N3O4S/c1-12-4-6-15(7-5-12)20-19(22(29)23(30)27(20)24-26-25-14(3)32-24)21(28)16-8-9-18-17(11-16)10-13(2)31-18/h4-9,11,13,20,28H,10H2,1-3H3/t13-,20-/m0/s1. The minimum absolute atomic E-state index is 0.0404. The first kappa shape index (κ1) is 20.4. The summed E-state index contributed by atoms with van der Waals surface area (Å²) in [5.41, 5.74) is 3.23. The van der Waals surface area contributed by atoms with Crippen molar-refractivity contribution in [2.75, 3.05) is 4.90 Å². The van der Waals surface area contributed by atoms with Gasteiger partial charge in [0.1, 0.15) is 22.6 Å². The number of carbonyl (C=O) groups is 2. The van der Waals surface area contributed by atoms with E-state index in [2.05, 4.69) is 10.2 Å². The summed E-state index contributed by atoms with van der Waals surface area (Å²) in [6.07, 6.45) is 0.775. The smallest absolute Gasteiger partial charge is 0.301 e. The average molecular weight is 448 g/mol. The molecule has 3 heterocycles. The summed E-state index contributed by atoms with van der Waals surface area (Å²) in [6.45, 7) is 5.72. The van der Waals surface area contributed by atoms with Crippen molar-refractivity contribution in [3.05, 3.63) is 75.3 Å². The van der Waals surface area contributed by atoms with Gasteiger partial charge in [-0.2, -0.15) is 0 Å². The number of fused-ring (bicyclic) bond motifs is 1. The van der Waals surface area contributed by atoms with Crippen molar-refractivity contribution in [1.29, 1.82) is 0 Å². The zero-order valence-corrected chi connectivity index (χ0v) is 18.6. The predicted octanol–water partition coefficient (Wildman–Crippen LogP) is 4.10. The number of rotatable bonds is 3. The Morgan fingerprint density at radius 3 is 2.56 bits per heavy atom. The number of benzene rings is 2. The molecule has 1 aromatic heterocycles. The number of aryl methyl sites for hydroxylation is 2. The molecule has 1 amide bonds. The molecule has 2 atom stereocenters. The van der Waals surface area contributed by atoms with E-state index in [1.54, 1.807) is 19.1 Å². The lowest BCUT2D eigenvalue weighted by Crippen LogP contribution is -2.29. The Morgan fingerprint density at radius 2 is 1.88 bits per heavy atom. The van der Waals surface area contributed by atoms with Crippen LogP contribution in [0.5, 0.6) is 5.75 Å². The molecule has 162 valence electrons. The largest absolute Gasteiger partial charge is 0.507 e. The van der Waals surface area contributed by atoms with Crippen LogP contribution in [0.4, 0.5) is 5.13 Å². The minimum Gasteiger partial charge on any atom is -0.507 e. The van der Waals surface area contributed by atoms with E-state index in [0.29, 0.717) is 21.3 Å². The second-order valence-corrected chi connectivity index (χ2v) is 9.30. The lowest BCUT2D eigenvalue weighted by Gasteiger charge is -2.22. The molecular formula is C24H21N3O4S. The van der Waals surface area contributed by atoms with E-state index in [0.717, 1.165) is 23.3 Å². The third-order valence-electron chi connectivity index (χ3n) is 5.73. The second-order valence-electron chi connectivity index (χ2n) is 8.14. The third kappa shape index (κ3) is 3.27. The molecule has 8 heteroatoms. The lowest BCUT2D eigenvalue weighted by atomic mass is 9.94. The minimum atomic E-state index is -0.800.